The van der Waals surface area contributed by atoms with Gasteiger partial charge in [0.05, 0.1) is 0 Å². The van der Waals surface area contributed by atoms with Crippen LogP contribution in [-0.2, 0) is 0 Å². The normalized spacial score (nSPS) is 39.4. The van der Waals surface area contributed by atoms with Crippen LogP contribution in [0.1, 0.15) is 73.6 Å². The Morgan fingerprint density at radius 2 is 1.69 bits per heavy atom. The number of hydrogen-bond donors (Lipinski definition) is 0. The van der Waals surface area contributed by atoms with E-state index in [9.17, 15) is 0 Å². The molecule has 0 heterocycles. The van der Waals surface area contributed by atoms with Gasteiger partial charge in [0.1, 0.15) is 0 Å². The molecule has 3 aliphatic carbocycles. The summed E-state index contributed by atoms with van der Waals surface area (Å²) in [6, 6.07) is 0. The van der Waals surface area contributed by atoms with Crippen molar-refractivity contribution in [1.29, 1.82) is 0 Å². The Morgan fingerprint density at radius 3 is 2.12 bits per heavy atom. The highest BCUT2D eigenvalue weighted by molar-refractivity contribution is 5.05. The van der Waals surface area contributed by atoms with Gasteiger partial charge in [-0.3, -0.25) is 0 Å². The molecule has 0 saturated heterocycles. The molecule has 0 aromatic carbocycles. The van der Waals surface area contributed by atoms with Crippen LogP contribution in [0, 0.1) is 29.1 Å². The molecule has 0 aliphatic heterocycles. The quantitative estimate of drug-likeness (QED) is 0.592. The summed E-state index contributed by atoms with van der Waals surface area (Å²) in [7, 11) is 0. The minimum Gasteiger partial charge on any atom is -0.0683 e. The lowest BCUT2D eigenvalue weighted by molar-refractivity contribution is -0.137. The van der Waals surface area contributed by atoms with Crippen molar-refractivity contribution in [3.63, 3.8) is 0 Å². The van der Waals surface area contributed by atoms with E-state index in [1.807, 2.05) is 13.8 Å². The van der Waals surface area contributed by atoms with Crippen LogP contribution in [0.5, 0.6) is 0 Å². The molecule has 3 rings (SSSR count). The van der Waals surface area contributed by atoms with E-state index < -0.39 is 0 Å². The van der Waals surface area contributed by atoms with Gasteiger partial charge in [0.15, 0.2) is 0 Å². The van der Waals surface area contributed by atoms with Gasteiger partial charge >= 0.3 is 0 Å². The van der Waals surface area contributed by atoms with Gasteiger partial charge in [-0.25, -0.2) is 0 Å². The van der Waals surface area contributed by atoms with Gasteiger partial charge < -0.3 is 0 Å². The van der Waals surface area contributed by atoms with E-state index in [0.29, 0.717) is 5.41 Å². The van der Waals surface area contributed by atoms with Crippen LogP contribution >= 0.6 is 0 Å². The van der Waals surface area contributed by atoms with Gasteiger partial charge in [0.25, 0.3) is 0 Å². The Morgan fingerprint density at radius 1 is 1.06 bits per heavy atom. The van der Waals surface area contributed by atoms with Crippen LogP contribution in [0.2, 0.25) is 0 Å². The summed E-state index contributed by atoms with van der Waals surface area (Å²) in [4.78, 5) is 0. The highest BCUT2D eigenvalue weighted by Gasteiger charge is 2.56. The predicted octanol–water partition coefficient (Wildman–Crippen LogP) is 5.52. The average molecular weight is 224 g/mol. The zero-order valence-electron chi connectivity index (χ0n) is 12.3. The SMILES string of the molecule is CC.CCCC1C(CC)CC2CC1C2(C)C. The maximum absolute atomic E-state index is 2.51. The van der Waals surface area contributed by atoms with Gasteiger partial charge in [-0.15, -0.1) is 0 Å². The summed E-state index contributed by atoms with van der Waals surface area (Å²) < 4.78 is 0. The number of hydrogen-bond acceptors (Lipinski definition) is 0. The minimum atomic E-state index is 0.686. The molecule has 0 radical (unpaired) electrons. The molecule has 0 N–H and O–H groups in total. The highest BCUT2D eigenvalue weighted by Crippen LogP contribution is 2.64. The fourth-order valence-electron chi connectivity index (χ4n) is 4.29. The monoisotopic (exact) mass is 224 g/mol. The first-order valence-corrected chi connectivity index (χ1v) is 7.61. The van der Waals surface area contributed by atoms with Gasteiger partial charge in [0, 0.05) is 0 Å². The third kappa shape index (κ3) is 2.17. The average Bonchev–Trinajstić information content (AvgIpc) is 2.31. The Labute approximate surface area is 103 Å². The molecular formula is C16H32. The smallest absolute Gasteiger partial charge is 0.0295 e. The Bertz CT molecular complexity index is 204. The van der Waals surface area contributed by atoms with Crippen LogP contribution in [-0.4, -0.2) is 0 Å². The lowest BCUT2D eigenvalue weighted by Crippen LogP contribution is -2.55. The molecule has 4 unspecified atom stereocenters. The molecule has 0 aromatic rings. The van der Waals surface area contributed by atoms with E-state index in [4.69, 9.17) is 0 Å². The van der Waals surface area contributed by atoms with Crippen molar-refractivity contribution in [2.75, 3.05) is 0 Å². The van der Waals surface area contributed by atoms with Crippen LogP contribution in [0.25, 0.3) is 0 Å². The minimum absolute atomic E-state index is 0.686. The highest BCUT2D eigenvalue weighted by atomic mass is 14.6. The van der Waals surface area contributed by atoms with Crippen LogP contribution in [0.15, 0.2) is 0 Å². The first-order chi connectivity index (χ1) is 7.61. The Kier molecular flexibility index (Phi) is 4.88. The summed E-state index contributed by atoms with van der Waals surface area (Å²) in [6.45, 7) is 13.8. The van der Waals surface area contributed by atoms with E-state index >= 15 is 0 Å². The molecular weight excluding hydrogens is 192 g/mol. The maximum atomic E-state index is 2.51. The molecule has 3 aliphatic rings. The van der Waals surface area contributed by atoms with Crippen molar-refractivity contribution < 1.29 is 0 Å². The first kappa shape index (κ1) is 14.1. The van der Waals surface area contributed by atoms with E-state index in [0.717, 1.165) is 23.7 Å². The summed E-state index contributed by atoms with van der Waals surface area (Å²) in [5, 5.41) is 0. The third-order valence-electron chi connectivity index (χ3n) is 5.40. The van der Waals surface area contributed by atoms with Crippen molar-refractivity contribution in [3.8, 4) is 0 Å². The summed E-state index contributed by atoms with van der Waals surface area (Å²) in [6.07, 6.45) is 7.38. The van der Waals surface area contributed by atoms with E-state index in [1.165, 1.54) is 25.7 Å². The van der Waals surface area contributed by atoms with Crippen LogP contribution < -0.4 is 0 Å². The van der Waals surface area contributed by atoms with Gasteiger partial charge in [-0.2, -0.15) is 0 Å². The van der Waals surface area contributed by atoms with Crippen molar-refractivity contribution in [2.24, 2.45) is 29.1 Å². The molecule has 4 atom stereocenters. The Balaban J connectivity index is 0.000000606. The standard InChI is InChI=1S/C14H26.C2H6/c1-5-7-12-10(6-2)8-11-9-13(12)14(11,3)4;1-2/h10-13H,5-9H2,1-4H3;1-2H3. The second-order valence-corrected chi connectivity index (χ2v) is 6.22. The largest absolute Gasteiger partial charge is 0.0683 e. The molecule has 0 amide bonds. The molecule has 16 heavy (non-hydrogen) atoms. The fourth-order valence-corrected chi connectivity index (χ4v) is 4.29. The summed E-state index contributed by atoms with van der Waals surface area (Å²) in [5.41, 5.74) is 0.686. The van der Waals surface area contributed by atoms with Crippen molar-refractivity contribution in [3.05, 3.63) is 0 Å². The van der Waals surface area contributed by atoms with Crippen molar-refractivity contribution >= 4 is 0 Å². The molecule has 0 aromatic heterocycles. The zero-order chi connectivity index (χ0) is 12.3. The lowest BCUT2D eigenvalue weighted by atomic mass is 9.42. The van der Waals surface area contributed by atoms with Gasteiger partial charge in [0.2, 0.25) is 0 Å². The molecule has 0 spiro atoms. The van der Waals surface area contributed by atoms with E-state index in [1.54, 1.807) is 6.42 Å². The van der Waals surface area contributed by atoms with E-state index in [2.05, 4.69) is 27.7 Å². The second-order valence-electron chi connectivity index (χ2n) is 6.22. The summed E-state index contributed by atoms with van der Waals surface area (Å²) in [5.74, 6) is 4.24. The number of rotatable bonds is 3. The molecule has 2 bridgehead atoms. The lowest BCUT2D eigenvalue weighted by Gasteiger charge is -2.63. The number of fused-ring (bicyclic) bond motifs is 2. The first-order valence-electron chi connectivity index (χ1n) is 7.61. The van der Waals surface area contributed by atoms with Crippen LogP contribution in [0.4, 0.5) is 0 Å². The predicted molar refractivity (Wildman–Crippen MR) is 73.5 cm³/mol. The molecule has 0 heteroatoms. The second kappa shape index (κ2) is 5.56. The van der Waals surface area contributed by atoms with Crippen molar-refractivity contribution in [2.45, 2.75) is 73.6 Å². The third-order valence-corrected chi connectivity index (χ3v) is 5.40. The topological polar surface area (TPSA) is 0 Å². The van der Waals surface area contributed by atoms with Crippen molar-refractivity contribution in [1.82, 2.24) is 0 Å². The van der Waals surface area contributed by atoms with E-state index in [-0.39, 0.29) is 0 Å². The maximum Gasteiger partial charge on any atom is -0.0295 e. The molecule has 96 valence electrons. The Hall–Kier alpha value is 0. The fraction of sp³-hybridized carbons (Fsp3) is 1.00. The van der Waals surface area contributed by atoms with Crippen LogP contribution in [0.3, 0.4) is 0 Å². The van der Waals surface area contributed by atoms with Gasteiger partial charge in [-0.1, -0.05) is 60.8 Å². The zero-order valence-corrected chi connectivity index (χ0v) is 12.3. The van der Waals surface area contributed by atoms with Gasteiger partial charge in [-0.05, 0) is 41.9 Å². The molecule has 0 nitrogen and oxygen atoms in total. The molecule has 3 fully saturated rings. The summed E-state index contributed by atoms with van der Waals surface area (Å²) >= 11 is 0. The molecule has 3 saturated carbocycles.